The molecule has 2 rings (SSSR count). The molecule has 1 aliphatic rings. The number of hydrogen-bond acceptors (Lipinski definition) is 2. The smallest absolute Gasteiger partial charge is 0.119 e. The molecule has 0 amide bonds. The maximum absolute atomic E-state index is 5.32. The van der Waals surface area contributed by atoms with Crippen LogP contribution in [0.5, 0.6) is 5.75 Å². The minimum Gasteiger partial charge on any atom is -0.497 e. The first-order valence-electron chi connectivity index (χ1n) is 5.91. The zero-order valence-corrected chi connectivity index (χ0v) is 10.8. The van der Waals surface area contributed by atoms with Crippen molar-refractivity contribution in [2.75, 3.05) is 7.11 Å². The first kappa shape index (κ1) is 11.5. The molecule has 88 valence electrons. The minimum atomic E-state index is 0.0480. The fourth-order valence-corrected chi connectivity index (χ4v) is 2.76. The van der Waals surface area contributed by atoms with Crippen molar-refractivity contribution in [2.45, 2.75) is 45.2 Å². The van der Waals surface area contributed by atoms with Crippen molar-refractivity contribution < 1.29 is 4.74 Å². The number of fused-ring (bicyclic) bond motifs is 1. The van der Waals surface area contributed by atoms with Crippen molar-refractivity contribution >= 4 is 0 Å². The Labute approximate surface area is 98.0 Å². The average molecular weight is 219 g/mol. The minimum absolute atomic E-state index is 0.0480. The van der Waals surface area contributed by atoms with Crippen molar-refractivity contribution in [3.63, 3.8) is 0 Å². The second-order valence-electron chi connectivity index (χ2n) is 5.35. The molecule has 1 unspecified atom stereocenters. The largest absolute Gasteiger partial charge is 0.497 e. The monoisotopic (exact) mass is 219 g/mol. The van der Waals surface area contributed by atoms with Gasteiger partial charge in [-0.2, -0.15) is 0 Å². The van der Waals surface area contributed by atoms with E-state index in [0.717, 1.165) is 12.2 Å². The fraction of sp³-hybridized carbons (Fsp3) is 0.571. The van der Waals surface area contributed by atoms with Crippen LogP contribution in [0.15, 0.2) is 18.2 Å². The molecule has 0 aliphatic carbocycles. The summed E-state index contributed by atoms with van der Waals surface area (Å²) in [6.07, 6.45) is 1.08. The molecule has 1 heterocycles. The molecule has 1 aliphatic heterocycles. The van der Waals surface area contributed by atoms with Crippen molar-refractivity contribution in [1.29, 1.82) is 0 Å². The van der Waals surface area contributed by atoms with Gasteiger partial charge in [-0.3, -0.25) is 5.32 Å². The highest BCUT2D eigenvalue weighted by Gasteiger charge is 2.42. The van der Waals surface area contributed by atoms with Crippen LogP contribution >= 0.6 is 0 Å². The molecule has 2 heteroatoms. The van der Waals surface area contributed by atoms with E-state index in [1.54, 1.807) is 7.11 Å². The van der Waals surface area contributed by atoms with Crippen LogP contribution in [0, 0.1) is 0 Å². The number of hydrogen-bond donors (Lipinski definition) is 1. The highest BCUT2D eigenvalue weighted by molar-refractivity contribution is 5.47. The molecule has 0 radical (unpaired) electrons. The molecule has 1 atom stereocenters. The van der Waals surface area contributed by atoms with E-state index in [4.69, 9.17) is 4.74 Å². The molecule has 1 aromatic carbocycles. The zero-order chi connectivity index (χ0) is 12.0. The number of benzene rings is 1. The molecule has 0 bridgehead atoms. The lowest BCUT2D eigenvalue weighted by Gasteiger charge is -2.28. The van der Waals surface area contributed by atoms with Gasteiger partial charge in [0.05, 0.1) is 7.11 Å². The maximum Gasteiger partial charge on any atom is 0.119 e. The molecule has 0 saturated carbocycles. The maximum atomic E-state index is 5.32. The molecule has 0 saturated heterocycles. The van der Waals surface area contributed by atoms with Gasteiger partial charge in [0.15, 0.2) is 0 Å². The summed E-state index contributed by atoms with van der Waals surface area (Å²) in [5.74, 6) is 0.943. The van der Waals surface area contributed by atoms with Crippen LogP contribution in [0.25, 0.3) is 0 Å². The van der Waals surface area contributed by atoms with Gasteiger partial charge >= 0.3 is 0 Å². The lowest BCUT2D eigenvalue weighted by Crippen LogP contribution is -2.41. The van der Waals surface area contributed by atoms with E-state index in [9.17, 15) is 0 Å². The van der Waals surface area contributed by atoms with Crippen LogP contribution in [-0.2, 0) is 11.1 Å². The van der Waals surface area contributed by atoms with E-state index >= 15 is 0 Å². The summed E-state index contributed by atoms with van der Waals surface area (Å²) < 4.78 is 5.32. The summed E-state index contributed by atoms with van der Waals surface area (Å²) in [5, 5.41) is 3.72. The van der Waals surface area contributed by atoms with Crippen molar-refractivity contribution in [3.05, 3.63) is 29.3 Å². The molecule has 0 aromatic heterocycles. The topological polar surface area (TPSA) is 21.3 Å². The van der Waals surface area contributed by atoms with E-state index in [-0.39, 0.29) is 11.1 Å². The summed E-state index contributed by atoms with van der Waals surface area (Å²) in [5.41, 5.74) is 2.87. The SMILES string of the molecule is CCC1(C)NC(C)(C)c2ccc(OC)cc21. The van der Waals surface area contributed by atoms with Crippen LogP contribution in [0.2, 0.25) is 0 Å². The summed E-state index contributed by atoms with van der Waals surface area (Å²) in [6.45, 7) is 8.95. The number of ether oxygens (including phenoxy) is 1. The summed E-state index contributed by atoms with van der Waals surface area (Å²) >= 11 is 0. The van der Waals surface area contributed by atoms with Crippen molar-refractivity contribution in [2.24, 2.45) is 0 Å². The Bertz CT molecular complexity index is 411. The lowest BCUT2D eigenvalue weighted by atomic mass is 9.88. The van der Waals surface area contributed by atoms with Crippen LogP contribution in [0.3, 0.4) is 0 Å². The third-order valence-electron chi connectivity index (χ3n) is 3.79. The molecular formula is C14H21NO. The molecule has 0 fully saturated rings. The van der Waals surface area contributed by atoms with E-state index < -0.39 is 0 Å². The molecule has 1 aromatic rings. The second-order valence-corrected chi connectivity index (χ2v) is 5.35. The van der Waals surface area contributed by atoms with Gasteiger partial charge in [-0.05, 0) is 50.5 Å². The first-order valence-corrected chi connectivity index (χ1v) is 5.91. The summed E-state index contributed by atoms with van der Waals surface area (Å²) in [6, 6.07) is 6.40. The Morgan fingerprint density at radius 3 is 2.44 bits per heavy atom. The average Bonchev–Trinajstić information content (AvgIpc) is 2.47. The molecule has 1 N–H and O–H groups in total. The molecule has 2 nitrogen and oxygen atoms in total. The van der Waals surface area contributed by atoms with Gasteiger partial charge in [-0.15, -0.1) is 0 Å². The normalized spacial score (nSPS) is 26.6. The van der Waals surface area contributed by atoms with Crippen molar-refractivity contribution in [1.82, 2.24) is 5.32 Å². The Hall–Kier alpha value is -1.02. The van der Waals surface area contributed by atoms with E-state index in [1.807, 2.05) is 6.07 Å². The van der Waals surface area contributed by atoms with E-state index in [1.165, 1.54) is 11.1 Å². The third-order valence-corrected chi connectivity index (χ3v) is 3.79. The molecular weight excluding hydrogens is 198 g/mol. The van der Waals surface area contributed by atoms with E-state index in [2.05, 4.69) is 45.1 Å². The van der Waals surface area contributed by atoms with Gasteiger partial charge in [-0.1, -0.05) is 13.0 Å². The Kier molecular flexibility index (Phi) is 2.50. The van der Waals surface area contributed by atoms with Gasteiger partial charge in [0.1, 0.15) is 5.75 Å². The lowest BCUT2D eigenvalue weighted by molar-refractivity contribution is 0.289. The number of methoxy groups -OCH3 is 1. The van der Waals surface area contributed by atoms with Gasteiger partial charge in [-0.25, -0.2) is 0 Å². The first-order chi connectivity index (χ1) is 7.43. The second kappa shape index (κ2) is 3.49. The van der Waals surface area contributed by atoms with Gasteiger partial charge in [0.25, 0.3) is 0 Å². The summed E-state index contributed by atoms with van der Waals surface area (Å²) in [7, 11) is 1.72. The van der Waals surface area contributed by atoms with Crippen molar-refractivity contribution in [3.8, 4) is 5.75 Å². The fourth-order valence-electron chi connectivity index (χ4n) is 2.76. The van der Waals surface area contributed by atoms with Crippen LogP contribution in [0.4, 0.5) is 0 Å². The number of nitrogens with one attached hydrogen (secondary N) is 1. The Morgan fingerprint density at radius 1 is 1.19 bits per heavy atom. The van der Waals surface area contributed by atoms with E-state index in [0.29, 0.717) is 0 Å². The highest BCUT2D eigenvalue weighted by Crippen LogP contribution is 2.43. The molecule has 16 heavy (non-hydrogen) atoms. The molecule has 0 spiro atoms. The predicted molar refractivity (Wildman–Crippen MR) is 66.8 cm³/mol. The Morgan fingerprint density at radius 2 is 1.88 bits per heavy atom. The predicted octanol–water partition coefficient (Wildman–Crippen LogP) is 3.16. The van der Waals surface area contributed by atoms with Gasteiger partial charge < -0.3 is 4.74 Å². The van der Waals surface area contributed by atoms with Crippen LogP contribution in [0.1, 0.15) is 45.2 Å². The standard InChI is InChI=1S/C14H21NO/c1-6-14(4)12-9-10(16-5)7-8-11(12)13(2,3)15-14/h7-9,15H,6H2,1-5H3. The number of rotatable bonds is 2. The zero-order valence-electron chi connectivity index (χ0n) is 10.8. The summed E-state index contributed by atoms with van der Waals surface area (Å²) in [4.78, 5) is 0. The van der Waals surface area contributed by atoms with Gasteiger partial charge in [0, 0.05) is 11.1 Å². The quantitative estimate of drug-likeness (QED) is 0.825. The van der Waals surface area contributed by atoms with Crippen LogP contribution in [-0.4, -0.2) is 7.11 Å². The van der Waals surface area contributed by atoms with Crippen LogP contribution < -0.4 is 10.1 Å². The Balaban J connectivity index is 2.59. The third kappa shape index (κ3) is 1.52. The highest BCUT2D eigenvalue weighted by atomic mass is 16.5. The van der Waals surface area contributed by atoms with Gasteiger partial charge in [0.2, 0.25) is 0 Å².